The molecule has 0 unspecified atom stereocenters. The summed E-state index contributed by atoms with van der Waals surface area (Å²) >= 11 is 2.81. The molecule has 1 aromatic rings. The maximum atomic E-state index is 12.8. The van der Waals surface area contributed by atoms with E-state index in [0.29, 0.717) is 0 Å². The molecule has 0 fully saturated rings. The van der Waals surface area contributed by atoms with Crippen molar-refractivity contribution in [2.45, 2.75) is 0 Å². The number of fused-ring (bicyclic) bond motifs is 1. The SMILES string of the molecule is O=C1C(O)=C(Br)C(=O)c2ccc(F)cc21. The van der Waals surface area contributed by atoms with Crippen LogP contribution in [0.25, 0.3) is 0 Å². The molecule has 0 atom stereocenters. The van der Waals surface area contributed by atoms with Gasteiger partial charge in [0.05, 0.1) is 0 Å². The van der Waals surface area contributed by atoms with E-state index in [4.69, 9.17) is 0 Å². The largest absolute Gasteiger partial charge is 0.503 e. The highest BCUT2D eigenvalue weighted by Crippen LogP contribution is 2.28. The van der Waals surface area contributed by atoms with E-state index in [9.17, 15) is 19.1 Å². The van der Waals surface area contributed by atoms with E-state index in [1.807, 2.05) is 0 Å². The van der Waals surface area contributed by atoms with Crippen LogP contribution in [0, 0.1) is 5.82 Å². The van der Waals surface area contributed by atoms with Crippen molar-refractivity contribution in [1.29, 1.82) is 0 Å². The Labute approximate surface area is 92.3 Å². The quantitative estimate of drug-likeness (QED) is 0.788. The molecule has 76 valence electrons. The Kier molecular flexibility index (Phi) is 2.19. The van der Waals surface area contributed by atoms with Gasteiger partial charge in [0.1, 0.15) is 10.3 Å². The molecule has 0 bridgehead atoms. The van der Waals surface area contributed by atoms with Crippen LogP contribution in [-0.4, -0.2) is 16.7 Å². The third-order valence-corrected chi connectivity index (χ3v) is 2.83. The van der Waals surface area contributed by atoms with Crippen LogP contribution in [0.1, 0.15) is 20.7 Å². The van der Waals surface area contributed by atoms with Crippen molar-refractivity contribution in [3.8, 4) is 0 Å². The maximum absolute atomic E-state index is 12.8. The van der Waals surface area contributed by atoms with Crippen molar-refractivity contribution in [3.05, 3.63) is 45.4 Å². The fourth-order valence-electron chi connectivity index (χ4n) is 1.36. The number of rotatable bonds is 0. The number of carbonyl (C=O) groups excluding carboxylic acids is 2. The van der Waals surface area contributed by atoms with E-state index in [-0.39, 0.29) is 15.6 Å². The van der Waals surface area contributed by atoms with Crippen LogP contribution >= 0.6 is 15.9 Å². The first kappa shape index (κ1) is 10.0. The van der Waals surface area contributed by atoms with Crippen LogP contribution in [0.3, 0.4) is 0 Å². The lowest BCUT2D eigenvalue weighted by molar-refractivity contribution is 0.0936. The Morgan fingerprint density at radius 1 is 1.13 bits per heavy atom. The number of benzene rings is 1. The first-order valence-electron chi connectivity index (χ1n) is 4.00. The highest BCUT2D eigenvalue weighted by Gasteiger charge is 2.31. The van der Waals surface area contributed by atoms with Gasteiger partial charge in [-0.15, -0.1) is 0 Å². The summed E-state index contributed by atoms with van der Waals surface area (Å²) in [5.41, 5.74) is -0.0215. The summed E-state index contributed by atoms with van der Waals surface area (Å²) in [6, 6.07) is 3.25. The second-order valence-electron chi connectivity index (χ2n) is 3.01. The van der Waals surface area contributed by atoms with Crippen molar-refractivity contribution in [1.82, 2.24) is 0 Å². The fraction of sp³-hybridized carbons (Fsp3) is 0. The molecule has 2 rings (SSSR count). The highest BCUT2D eigenvalue weighted by molar-refractivity contribution is 9.12. The summed E-state index contributed by atoms with van der Waals surface area (Å²) in [7, 11) is 0. The monoisotopic (exact) mass is 270 g/mol. The van der Waals surface area contributed by atoms with Crippen LogP contribution in [-0.2, 0) is 0 Å². The molecule has 0 heterocycles. The van der Waals surface area contributed by atoms with E-state index in [0.717, 1.165) is 12.1 Å². The van der Waals surface area contributed by atoms with Gasteiger partial charge < -0.3 is 5.11 Å². The van der Waals surface area contributed by atoms with Gasteiger partial charge in [-0.3, -0.25) is 9.59 Å². The van der Waals surface area contributed by atoms with Crippen LogP contribution in [0.5, 0.6) is 0 Å². The zero-order valence-corrected chi connectivity index (χ0v) is 8.84. The Morgan fingerprint density at radius 3 is 2.47 bits per heavy atom. The Balaban J connectivity index is 2.73. The van der Waals surface area contributed by atoms with Crippen LogP contribution in [0.2, 0.25) is 0 Å². The lowest BCUT2D eigenvalue weighted by atomic mass is 9.93. The zero-order chi connectivity index (χ0) is 11.2. The first-order chi connectivity index (χ1) is 7.02. The summed E-state index contributed by atoms with van der Waals surface area (Å²) in [5, 5.41) is 9.29. The molecular formula is C10H4BrFO3. The minimum atomic E-state index is -0.754. The number of aliphatic hydroxyl groups excluding tert-OH is 1. The summed E-state index contributed by atoms with van der Waals surface area (Å²) in [6.07, 6.45) is 0. The molecular weight excluding hydrogens is 267 g/mol. The van der Waals surface area contributed by atoms with Crippen molar-refractivity contribution < 1.29 is 19.1 Å². The predicted octanol–water partition coefficient (Wildman–Crippen LogP) is 2.37. The number of aliphatic hydroxyl groups is 1. The van der Waals surface area contributed by atoms with Gasteiger partial charge in [0.2, 0.25) is 11.6 Å². The standard InChI is InChI=1S/C10H4BrFO3/c11-7-8(13)5-2-1-4(12)3-6(5)9(14)10(7)15/h1-3,15H. The third-order valence-electron chi connectivity index (χ3n) is 2.09. The number of hydrogen-bond acceptors (Lipinski definition) is 3. The lowest BCUT2D eigenvalue weighted by Crippen LogP contribution is -2.19. The van der Waals surface area contributed by atoms with Gasteiger partial charge in [0.25, 0.3) is 0 Å². The second-order valence-corrected chi connectivity index (χ2v) is 3.80. The average Bonchev–Trinajstić information content (AvgIpc) is 2.23. The topological polar surface area (TPSA) is 54.4 Å². The molecule has 0 amide bonds. The third kappa shape index (κ3) is 1.39. The minimum Gasteiger partial charge on any atom is -0.503 e. The van der Waals surface area contributed by atoms with Gasteiger partial charge in [0.15, 0.2) is 5.76 Å². The summed E-state index contributed by atoms with van der Waals surface area (Å²) in [5.74, 6) is -2.59. The number of Topliss-reactive ketones (excluding diaryl/α,β-unsaturated/α-hetero) is 2. The van der Waals surface area contributed by atoms with Gasteiger partial charge >= 0.3 is 0 Å². The van der Waals surface area contributed by atoms with Crippen LogP contribution in [0.15, 0.2) is 28.4 Å². The molecule has 15 heavy (non-hydrogen) atoms. The second kappa shape index (κ2) is 3.27. The highest BCUT2D eigenvalue weighted by atomic mass is 79.9. The molecule has 1 aliphatic rings. The molecule has 0 aromatic heterocycles. The predicted molar refractivity (Wildman–Crippen MR) is 53.6 cm³/mol. The molecule has 1 N–H and O–H groups in total. The number of carbonyl (C=O) groups is 2. The molecule has 0 spiro atoms. The van der Waals surface area contributed by atoms with Gasteiger partial charge in [-0.25, -0.2) is 4.39 Å². The van der Waals surface area contributed by atoms with Crippen LogP contribution < -0.4 is 0 Å². The molecule has 1 aliphatic carbocycles. The van der Waals surface area contributed by atoms with Gasteiger partial charge in [0, 0.05) is 11.1 Å². The normalized spacial score (nSPS) is 15.6. The number of allylic oxidation sites excluding steroid dienone is 2. The minimum absolute atomic E-state index is 0.0890. The van der Waals surface area contributed by atoms with Crippen molar-refractivity contribution in [3.63, 3.8) is 0 Å². The smallest absolute Gasteiger partial charge is 0.229 e. The molecule has 0 saturated heterocycles. The molecule has 0 radical (unpaired) electrons. The number of hydrogen-bond donors (Lipinski definition) is 1. The number of halogens is 2. The molecule has 0 saturated carbocycles. The van der Waals surface area contributed by atoms with Crippen LogP contribution in [0.4, 0.5) is 4.39 Å². The van der Waals surface area contributed by atoms with Gasteiger partial charge in [-0.2, -0.15) is 0 Å². The number of ketones is 2. The Morgan fingerprint density at radius 2 is 1.80 bits per heavy atom. The van der Waals surface area contributed by atoms with E-state index in [1.54, 1.807) is 0 Å². The summed E-state index contributed by atoms with van der Waals surface area (Å²) in [4.78, 5) is 23.0. The zero-order valence-electron chi connectivity index (χ0n) is 7.25. The van der Waals surface area contributed by atoms with E-state index >= 15 is 0 Å². The van der Waals surface area contributed by atoms with E-state index < -0.39 is 23.1 Å². The van der Waals surface area contributed by atoms with Crippen molar-refractivity contribution >= 4 is 27.5 Å². The molecule has 5 heteroatoms. The fourth-order valence-corrected chi connectivity index (χ4v) is 1.75. The maximum Gasteiger partial charge on any atom is 0.229 e. The van der Waals surface area contributed by atoms with Crippen molar-refractivity contribution in [2.75, 3.05) is 0 Å². The molecule has 3 nitrogen and oxygen atoms in total. The Bertz CT molecular complexity index is 519. The van der Waals surface area contributed by atoms with E-state index in [1.165, 1.54) is 6.07 Å². The van der Waals surface area contributed by atoms with Gasteiger partial charge in [-0.1, -0.05) is 0 Å². The average molecular weight is 271 g/mol. The van der Waals surface area contributed by atoms with Gasteiger partial charge in [-0.05, 0) is 34.1 Å². The summed E-state index contributed by atoms with van der Waals surface area (Å²) in [6.45, 7) is 0. The molecule has 1 aromatic carbocycles. The molecule has 0 aliphatic heterocycles. The lowest BCUT2D eigenvalue weighted by Gasteiger charge is -2.13. The van der Waals surface area contributed by atoms with E-state index in [2.05, 4.69) is 15.9 Å². The first-order valence-corrected chi connectivity index (χ1v) is 4.79. The van der Waals surface area contributed by atoms with Crippen molar-refractivity contribution in [2.24, 2.45) is 0 Å². The Hall–Kier alpha value is -1.49. The summed E-state index contributed by atoms with van der Waals surface area (Å²) < 4.78 is 12.7.